The van der Waals surface area contributed by atoms with Gasteiger partial charge in [0.2, 0.25) is 0 Å². The smallest absolute Gasteiger partial charge is 0.306 e. The van der Waals surface area contributed by atoms with Gasteiger partial charge in [-0.3, -0.25) is 4.79 Å². The first-order chi connectivity index (χ1) is 8.04. The van der Waals surface area contributed by atoms with Crippen molar-refractivity contribution in [1.82, 2.24) is 0 Å². The lowest BCUT2D eigenvalue weighted by molar-refractivity contribution is -0.142. The van der Waals surface area contributed by atoms with E-state index in [9.17, 15) is 9.90 Å². The predicted octanol–water partition coefficient (Wildman–Crippen LogP) is 2.33. The number of carboxylic acids is 1. The highest BCUT2D eigenvalue weighted by molar-refractivity contribution is 5.69. The Balaban J connectivity index is 2.49. The van der Waals surface area contributed by atoms with Crippen LogP contribution in [-0.2, 0) is 4.79 Å². The summed E-state index contributed by atoms with van der Waals surface area (Å²) in [6.07, 6.45) is 3.34. The molecule has 0 spiro atoms. The summed E-state index contributed by atoms with van der Waals surface area (Å²) in [7, 11) is 0. The van der Waals surface area contributed by atoms with Crippen molar-refractivity contribution in [2.24, 2.45) is 17.0 Å². The van der Waals surface area contributed by atoms with Gasteiger partial charge < -0.3 is 10.2 Å². The molecule has 0 aliphatic heterocycles. The number of carbonyl (C=O) groups is 1. The number of aliphatic hydroxyl groups is 1. The Kier molecular flexibility index (Phi) is 5.25. The van der Waals surface area contributed by atoms with Gasteiger partial charge in [0.15, 0.2) is 0 Å². The van der Waals surface area contributed by atoms with Crippen LogP contribution in [0.2, 0.25) is 0 Å². The van der Waals surface area contributed by atoms with Crippen LogP contribution < -0.4 is 0 Å². The summed E-state index contributed by atoms with van der Waals surface area (Å²) in [4.78, 5) is 13.4. The van der Waals surface area contributed by atoms with Gasteiger partial charge in [-0.25, -0.2) is 0 Å². The van der Waals surface area contributed by atoms with Crippen LogP contribution >= 0.6 is 0 Å². The third kappa shape index (κ3) is 4.24. The molecular formula is C11H19N3O3. The molecule has 0 radical (unpaired) electrons. The monoisotopic (exact) mass is 241 g/mol. The Bertz CT molecular complexity index is 311. The minimum Gasteiger partial charge on any atom is -0.481 e. The van der Waals surface area contributed by atoms with Crippen LogP contribution in [0, 0.1) is 11.8 Å². The number of carboxylic acid groups (broad SMARTS) is 1. The molecule has 6 nitrogen and oxygen atoms in total. The molecule has 0 aromatic heterocycles. The summed E-state index contributed by atoms with van der Waals surface area (Å²) >= 11 is 0. The maximum atomic E-state index is 10.7. The maximum absolute atomic E-state index is 10.7. The predicted molar refractivity (Wildman–Crippen MR) is 62.3 cm³/mol. The van der Waals surface area contributed by atoms with Gasteiger partial charge in [-0.2, -0.15) is 0 Å². The van der Waals surface area contributed by atoms with Crippen LogP contribution in [0.5, 0.6) is 0 Å². The fourth-order valence-corrected chi connectivity index (χ4v) is 2.04. The molecule has 0 saturated heterocycles. The normalized spacial score (nSPS) is 20.8. The standard InChI is InChI=1S/C11H19N3O3/c1-7(11(16)17)5-10(15)9(13-14-12)6-8-3-2-4-8/h7-10,15H,2-6H2,1H3,(H,16,17)/t7-,9?,10+/m1/s1. The molecule has 1 rings (SSSR count). The first-order valence-corrected chi connectivity index (χ1v) is 5.99. The fraction of sp³-hybridized carbons (Fsp3) is 0.909. The molecule has 1 unspecified atom stereocenters. The second-order valence-corrected chi connectivity index (χ2v) is 4.85. The SMILES string of the molecule is C[C@H](C[C@H](O)C(CC1CCC1)N=[N+]=[N-])C(=O)O. The Labute approximate surface area is 100 Å². The van der Waals surface area contributed by atoms with Gasteiger partial charge in [0.1, 0.15) is 0 Å². The Morgan fingerprint density at radius 2 is 2.24 bits per heavy atom. The zero-order chi connectivity index (χ0) is 12.8. The van der Waals surface area contributed by atoms with Gasteiger partial charge in [0.05, 0.1) is 18.1 Å². The van der Waals surface area contributed by atoms with Gasteiger partial charge in [0, 0.05) is 4.91 Å². The maximum Gasteiger partial charge on any atom is 0.306 e. The van der Waals surface area contributed by atoms with E-state index in [1.54, 1.807) is 6.92 Å². The molecule has 1 aliphatic rings. The fourth-order valence-electron chi connectivity index (χ4n) is 2.04. The minimum absolute atomic E-state index is 0.131. The molecule has 1 fully saturated rings. The Hall–Kier alpha value is -1.26. The Morgan fingerprint density at radius 1 is 1.59 bits per heavy atom. The van der Waals surface area contributed by atoms with E-state index in [0.29, 0.717) is 12.3 Å². The molecule has 0 amide bonds. The number of rotatable bonds is 7. The second kappa shape index (κ2) is 6.47. The van der Waals surface area contributed by atoms with Crippen molar-refractivity contribution in [2.75, 3.05) is 0 Å². The van der Waals surface area contributed by atoms with E-state index in [-0.39, 0.29) is 6.42 Å². The lowest BCUT2D eigenvalue weighted by atomic mass is 9.79. The van der Waals surface area contributed by atoms with Crippen LogP contribution in [-0.4, -0.2) is 28.3 Å². The summed E-state index contributed by atoms with van der Waals surface area (Å²) in [5, 5.41) is 22.3. The highest BCUT2D eigenvalue weighted by atomic mass is 16.4. The molecule has 17 heavy (non-hydrogen) atoms. The first kappa shape index (κ1) is 13.8. The van der Waals surface area contributed by atoms with E-state index in [4.69, 9.17) is 10.6 Å². The van der Waals surface area contributed by atoms with Crippen molar-refractivity contribution in [3.05, 3.63) is 10.4 Å². The average molecular weight is 241 g/mol. The number of aliphatic hydroxyl groups excluding tert-OH is 1. The molecular weight excluding hydrogens is 222 g/mol. The quantitative estimate of drug-likeness (QED) is 0.405. The van der Waals surface area contributed by atoms with Crippen LogP contribution in [0.1, 0.15) is 39.0 Å². The van der Waals surface area contributed by atoms with E-state index in [1.807, 2.05) is 0 Å². The van der Waals surface area contributed by atoms with Crippen LogP contribution in [0.4, 0.5) is 0 Å². The van der Waals surface area contributed by atoms with Gasteiger partial charge >= 0.3 is 5.97 Å². The highest BCUT2D eigenvalue weighted by Gasteiger charge is 2.28. The number of nitrogens with zero attached hydrogens (tertiary/aromatic N) is 3. The number of hydrogen-bond acceptors (Lipinski definition) is 3. The van der Waals surface area contributed by atoms with Gasteiger partial charge in [0.25, 0.3) is 0 Å². The van der Waals surface area contributed by atoms with Crippen molar-refractivity contribution in [3.8, 4) is 0 Å². The van der Waals surface area contributed by atoms with Gasteiger partial charge in [-0.15, -0.1) is 0 Å². The third-order valence-corrected chi connectivity index (χ3v) is 3.46. The van der Waals surface area contributed by atoms with E-state index >= 15 is 0 Å². The summed E-state index contributed by atoms with van der Waals surface area (Å²) in [6, 6.07) is -0.493. The van der Waals surface area contributed by atoms with Crippen molar-refractivity contribution < 1.29 is 15.0 Å². The molecule has 96 valence electrons. The zero-order valence-electron chi connectivity index (χ0n) is 9.99. The number of hydrogen-bond donors (Lipinski definition) is 2. The molecule has 6 heteroatoms. The van der Waals surface area contributed by atoms with Crippen molar-refractivity contribution in [2.45, 2.75) is 51.2 Å². The van der Waals surface area contributed by atoms with Gasteiger partial charge in [-0.05, 0) is 24.3 Å². The molecule has 1 aliphatic carbocycles. The van der Waals surface area contributed by atoms with Crippen molar-refractivity contribution in [1.29, 1.82) is 0 Å². The Morgan fingerprint density at radius 3 is 2.65 bits per heavy atom. The summed E-state index contributed by atoms with van der Waals surface area (Å²) in [5.74, 6) is -1.05. The largest absolute Gasteiger partial charge is 0.481 e. The average Bonchev–Trinajstić information content (AvgIpc) is 2.21. The van der Waals surface area contributed by atoms with E-state index in [0.717, 1.165) is 12.8 Å². The third-order valence-electron chi connectivity index (χ3n) is 3.46. The minimum atomic E-state index is -0.938. The molecule has 3 atom stereocenters. The lowest BCUT2D eigenvalue weighted by Gasteiger charge is -2.30. The van der Waals surface area contributed by atoms with Crippen molar-refractivity contribution >= 4 is 5.97 Å². The van der Waals surface area contributed by atoms with Crippen LogP contribution in [0.15, 0.2) is 5.11 Å². The second-order valence-electron chi connectivity index (χ2n) is 4.85. The first-order valence-electron chi connectivity index (χ1n) is 5.99. The molecule has 1 saturated carbocycles. The van der Waals surface area contributed by atoms with Crippen molar-refractivity contribution in [3.63, 3.8) is 0 Å². The molecule has 0 aromatic carbocycles. The summed E-state index contributed by atoms with van der Waals surface area (Å²) in [5.41, 5.74) is 8.46. The topological polar surface area (TPSA) is 106 Å². The van der Waals surface area contributed by atoms with E-state index in [1.165, 1.54) is 6.42 Å². The lowest BCUT2D eigenvalue weighted by Crippen LogP contribution is -2.31. The highest BCUT2D eigenvalue weighted by Crippen LogP contribution is 2.32. The molecule has 0 bridgehead atoms. The van der Waals surface area contributed by atoms with E-state index in [2.05, 4.69) is 10.0 Å². The summed E-state index contributed by atoms with van der Waals surface area (Å²) < 4.78 is 0. The summed E-state index contributed by atoms with van der Waals surface area (Å²) in [6.45, 7) is 1.54. The molecule has 2 N–H and O–H groups in total. The molecule has 0 aromatic rings. The number of aliphatic carboxylic acids is 1. The van der Waals surface area contributed by atoms with E-state index < -0.39 is 24.0 Å². The molecule has 0 heterocycles. The van der Waals surface area contributed by atoms with Crippen LogP contribution in [0.3, 0.4) is 0 Å². The number of azide groups is 1. The van der Waals surface area contributed by atoms with Crippen LogP contribution in [0.25, 0.3) is 10.4 Å². The zero-order valence-corrected chi connectivity index (χ0v) is 9.99. The van der Waals surface area contributed by atoms with Gasteiger partial charge in [-0.1, -0.05) is 31.3 Å².